The number of aromatic nitrogens is 1. The van der Waals surface area contributed by atoms with Crippen molar-refractivity contribution >= 4 is 23.3 Å². The third-order valence-corrected chi connectivity index (χ3v) is 6.06. The number of pyridine rings is 1. The normalized spacial score (nSPS) is 26.5. The van der Waals surface area contributed by atoms with Crippen molar-refractivity contribution in [1.82, 2.24) is 9.88 Å². The van der Waals surface area contributed by atoms with Gasteiger partial charge in [-0.3, -0.25) is 9.69 Å². The summed E-state index contributed by atoms with van der Waals surface area (Å²) in [6.45, 7) is 5.07. The summed E-state index contributed by atoms with van der Waals surface area (Å²) in [5.41, 5.74) is 1.05. The monoisotopic (exact) mass is 349 g/mol. The minimum Gasteiger partial charge on any atom is -0.462 e. The Morgan fingerprint density at radius 1 is 1.29 bits per heavy atom. The summed E-state index contributed by atoms with van der Waals surface area (Å²) < 4.78 is 5.62. The SMILES string of the molecule is O=C1O[C@H](CCN2CCN(c3ccnc(Cl)c3)CC2)CC12CCC2. The maximum Gasteiger partial charge on any atom is 0.312 e. The van der Waals surface area contributed by atoms with E-state index in [4.69, 9.17) is 16.3 Å². The van der Waals surface area contributed by atoms with E-state index in [1.807, 2.05) is 12.1 Å². The molecule has 0 radical (unpaired) electrons. The summed E-state index contributed by atoms with van der Waals surface area (Å²) in [4.78, 5) is 20.9. The molecule has 0 amide bonds. The predicted molar refractivity (Wildman–Crippen MR) is 93.3 cm³/mol. The van der Waals surface area contributed by atoms with Gasteiger partial charge in [-0.2, -0.15) is 0 Å². The van der Waals surface area contributed by atoms with Gasteiger partial charge >= 0.3 is 5.97 Å². The molecule has 5 nitrogen and oxygen atoms in total. The average molecular weight is 350 g/mol. The highest BCUT2D eigenvalue weighted by Crippen LogP contribution is 2.50. The van der Waals surface area contributed by atoms with Crippen LogP contribution in [0, 0.1) is 5.41 Å². The summed E-state index contributed by atoms with van der Waals surface area (Å²) in [5.74, 6) is 0.0677. The topological polar surface area (TPSA) is 45.7 Å². The standard InChI is InChI=1S/C18H24ClN3O2/c19-16-12-14(2-6-20-16)22-10-8-21(9-11-22)7-3-15-13-18(4-1-5-18)17(23)24-15/h2,6,12,15H,1,3-5,7-11,13H2/t15-/m1/s1. The minimum atomic E-state index is -0.0933. The van der Waals surface area contributed by atoms with E-state index in [-0.39, 0.29) is 17.5 Å². The molecule has 0 aromatic carbocycles. The highest BCUT2D eigenvalue weighted by molar-refractivity contribution is 6.29. The molecule has 0 bridgehead atoms. The lowest BCUT2D eigenvalue weighted by atomic mass is 9.67. The van der Waals surface area contributed by atoms with Gasteiger partial charge in [0.2, 0.25) is 0 Å². The molecule has 1 saturated carbocycles. The van der Waals surface area contributed by atoms with E-state index in [0.717, 1.165) is 64.1 Å². The van der Waals surface area contributed by atoms with Crippen molar-refractivity contribution in [2.24, 2.45) is 5.41 Å². The Balaban J connectivity index is 1.23. The molecule has 3 aliphatic rings. The first-order valence-corrected chi connectivity index (χ1v) is 9.32. The fourth-order valence-electron chi connectivity index (χ4n) is 4.16. The number of rotatable bonds is 4. The Hall–Kier alpha value is -1.33. The molecule has 1 atom stereocenters. The van der Waals surface area contributed by atoms with Crippen LogP contribution in [-0.2, 0) is 9.53 Å². The molecular weight excluding hydrogens is 326 g/mol. The largest absolute Gasteiger partial charge is 0.462 e. The fraction of sp³-hybridized carbons (Fsp3) is 0.667. The molecule has 130 valence electrons. The highest BCUT2D eigenvalue weighted by Gasteiger charge is 2.52. The van der Waals surface area contributed by atoms with Gasteiger partial charge in [0.05, 0.1) is 5.41 Å². The number of hydrogen-bond acceptors (Lipinski definition) is 5. The van der Waals surface area contributed by atoms with Gasteiger partial charge in [0.1, 0.15) is 11.3 Å². The van der Waals surface area contributed by atoms with Crippen molar-refractivity contribution in [3.05, 3.63) is 23.5 Å². The summed E-state index contributed by atoms with van der Waals surface area (Å²) in [7, 11) is 0. The molecule has 6 heteroatoms. The van der Waals surface area contributed by atoms with Crippen LogP contribution in [-0.4, -0.2) is 54.7 Å². The van der Waals surface area contributed by atoms with Gasteiger partial charge in [0.25, 0.3) is 0 Å². The maximum absolute atomic E-state index is 12.0. The van der Waals surface area contributed by atoms with Gasteiger partial charge in [0.15, 0.2) is 0 Å². The minimum absolute atomic E-state index is 0.0677. The zero-order chi connectivity index (χ0) is 16.6. The Bertz CT molecular complexity index is 612. The molecule has 3 heterocycles. The Morgan fingerprint density at radius 2 is 2.08 bits per heavy atom. The number of halogens is 1. The molecule has 0 unspecified atom stereocenters. The highest BCUT2D eigenvalue weighted by atomic mass is 35.5. The van der Waals surface area contributed by atoms with E-state index < -0.39 is 0 Å². The first kappa shape index (κ1) is 16.2. The second-order valence-electron chi connectivity index (χ2n) is 7.32. The first-order valence-electron chi connectivity index (χ1n) is 8.95. The van der Waals surface area contributed by atoms with Crippen molar-refractivity contribution in [1.29, 1.82) is 0 Å². The molecule has 1 aromatic rings. The van der Waals surface area contributed by atoms with Gasteiger partial charge in [-0.1, -0.05) is 18.0 Å². The lowest BCUT2D eigenvalue weighted by molar-refractivity contribution is -0.152. The molecule has 3 fully saturated rings. The Kier molecular flexibility index (Phi) is 4.39. The second kappa shape index (κ2) is 6.52. The molecule has 2 saturated heterocycles. The number of hydrogen-bond donors (Lipinski definition) is 0. The number of piperazine rings is 1. The van der Waals surface area contributed by atoms with Gasteiger partial charge in [-0.15, -0.1) is 0 Å². The molecule has 24 heavy (non-hydrogen) atoms. The lowest BCUT2D eigenvalue weighted by Gasteiger charge is -2.36. The third kappa shape index (κ3) is 3.11. The number of anilines is 1. The van der Waals surface area contributed by atoms with Crippen LogP contribution in [0.3, 0.4) is 0 Å². The van der Waals surface area contributed by atoms with Gasteiger partial charge in [-0.05, 0) is 31.4 Å². The van der Waals surface area contributed by atoms with E-state index in [2.05, 4.69) is 14.8 Å². The van der Waals surface area contributed by atoms with Crippen molar-refractivity contribution in [2.45, 2.75) is 38.2 Å². The number of nitrogens with zero attached hydrogens (tertiary/aromatic N) is 3. The van der Waals surface area contributed by atoms with Crippen LogP contribution in [0.1, 0.15) is 32.1 Å². The number of esters is 1. The second-order valence-corrected chi connectivity index (χ2v) is 7.71. The Labute approximate surface area is 147 Å². The molecule has 4 rings (SSSR count). The average Bonchev–Trinajstić information content (AvgIpc) is 2.90. The van der Waals surface area contributed by atoms with E-state index >= 15 is 0 Å². The van der Waals surface area contributed by atoms with Crippen LogP contribution in [0.2, 0.25) is 5.15 Å². The van der Waals surface area contributed by atoms with Crippen LogP contribution in [0.5, 0.6) is 0 Å². The molecule has 1 aromatic heterocycles. The van der Waals surface area contributed by atoms with E-state index in [1.165, 1.54) is 6.42 Å². The zero-order valence-corrected chi connectivity index (χ0v) is 14.7. The van der Waals surface area contributed by atoms with Gasteiger partial charge < -0.3 is 9.64 Å². The van der Waals surface area contributed by atoms with Crippen molar-refractivity contribution in [2.75, 3.05) is 37.6 Å². The van der Waals surface area contributed by atoms with Crippen LogP contribution in [0.25, 0.3) is 0 Å². The summed E-state index contributed by atoms with van der Waals surface area (Å²) in [5, 5.41) is 0.544. The lowest BCUT2D eigenvalue weighted by Crippen LogP contribution is -2.47. The van der Waals surface area contributed by atoms with E-state index in [9.17, 15) is 4.79 Å². The van der Waals surface area contributed by atoms with Crippen LogP contribution in [0.15, 0.2) is 18.3 Å². The summed E-state index contributed by atoms with van der Waals surface area (Å²) in [6.07, 6.45) is 7.06. The number of cyclic esters (lactones) is 1. The summed E-state index contributed by atoms with van der Waals surface area (Å²) >= 11 is 5.98. The van der Waals surface area contributed by atoms with Crippen LogP contribution < -0.4 is 4.90 Å². The van der Waals surface area contributed by atoms with E-state index in [1.54, 1.807) is 6.20 Å². The predicted octanol–water partition coefficient (Wildman–Crippen LogP) is 2.73. The van der Waals surface area contributed by atoms with Crippen molar-refractivity contribution in [3.8, 4) is 0 Å². The molecule has 1 aliphatic carbocycles. The fourth-order valence-corrected chi connectivity index (χ4v) is 4.32. The molecule has 0 N–H and O–H groups in total. The van der Waals surface area contributed by atoms with Crippen molar-refractivity contribution in [3.63, 3.8) is 0 Å². The number of carbonyl (C=O) groups excluding carboxylic acids is 1. The van der Waals surface area contributed by atoms with Crippen LogP contribution >= 0.6 is 11.6 Å². The Morgan fingerprint density at radius 3 is 2.71 bits per heavy atom. The molecular formula is C18H24ClN3O2. The number of ether oxygens (including phenoxy) is 1. The van der Waals surface area contributed by atoms with Gasteiger partial charge in [-0.25, -0.2) is 4.98 Å². The maximum atomic E-state index is 12.0. The first-order chi connectivity index (χ1) is 11.6. The van der Waals surface area contributed by atoms with Crippen LogP contribution in [0.4, 0.5) is 5.69 Å². The quantitative estimate of drug-likeness (QED) is 0.618. The smallest absolute Gasteiger partial charge is 0.312 e. The van der Waals surface area contributed by atoms with Gasteiger partial charge in [0, 0.05) is 51.0 Å². The van der Waals surface area contributed by atoms with Crippen molar-refractivity contribution < 1.29 is 9.53 Å². The number of carbonyl (C=O) groups is 1. The zero-order valence-electron chi connectivity index (χ0n) is 13.9. The third-order valence-electron chi connectivity index (χ3n) is 5.85. The molecule has 1 spiro atoms. The summed E-state index contributed by atoms with van der Waals surface area (Å²) in [6, 6.07) is 3.94. The molecule has 2 aliphatic heterocycles. The van der Waals surface area contributed by atoms with E-state index in [0.29, 0.717) is 5.15 Å².